The zero-order valence-corrected chi connectivity index (χ0v) is 15.9. The molecular weight excluding hydrogens is 374 g/mol. The fourth-order valence-electron chi connectivity index (χ4n) is 2.74. The lowest BCUT2D eigenvalue weighted by Gasteiger charge is -2.08. The molecule has 0 aliphatic rings. The number of aliphatic carboxylic acids is 1. The van der Waals surface area contributed by atoms with Crippen LogP contribution in [0.3, 0.4) is 0 Å². The van der Waals surface area contributed by atoms with Gasteiger partial charge in [-0.15, -0.1) is 0 Å². The second kappa shape index (κ2) is 7.43. The molecular formula is C16H19N5O5S. The van der Waals surface area contributed by atoms with Gasteiger partial charge in [-0.1, -0.05) is 16.9 Å². The summed E-state index contributed by atoms with van der Waals surface area (Å²) in [4.78, 5) is 41.8. The minimum Gasteiger partial charge on any atom is -0.481 e. The maximum Gasteiger partial charge on any atom is 0.329 e. The van der Waals surface area contributed by atoms with Gasteiger partial charge < -0.3 is 14.2 Å². The van der Waals surface area contributed by atoms with Gasteiger partial charge in [0.05, 0.1) is 12.2 Å². The number of carboxylic acids is 1. The predicted octanol–water partition coefficient (Wildman–Crippen LogP) is 1.03. The number of fused-ring (bicyclic) bond motifs is 1. The number of imidazole rings is 1. The van der Waals surface area contributed by atoms with Crippen molar-refractivity contribution in [3.63, 3.8) is 0 Å². The molecule has 0 aromatic carbocycles. The number of hydrogen-bond acceptors (Lipinski definition) is 7. The van der Waals surface area contributed by atoms with E-state index in [1.54, 1.807) is 11.5 Å². The fourth-order valence-corrected chi connectivity index (χ4v) is 3.68. The fraction of sp³-hybridized carbons (Fsp3) is 0.438. The van der Waals surface area contributed by atoms with Gasteiger partial charge in [0.2, 0.25) is 0 Å². The third-order valence-corrected chi connectivity index (χ3v) is 5.30. The molecule has 3 heterocycles. The number of carboxylic acid groups (broad SMARTS) is 1. The van der Waals surface area contributed by atoms with Crippen LogP contribution in [0, 0.1) is 13.8 Å². The number of aromatic amines is 1. The van der Waals surface area contributed by atoms with E-state index in [-0.39, 0.29) is 17.6 Å². The normalized spacial score (nSPS) is 11.4. The van der Waals surface area contributed by atoms with Crippen molar-refractivity contribution < 1.29 is 14.4 Å². The van der Waals surface area contributed by atoms with Crippen LogP contribution in [0.5, 0.6) is 0 Å². The van der Waals surface area contributed by atoms with E-state index in [2.05, 4.69) is 15.1 Å². The summed E-state index contributed by atoms with van der Waals surface area (Å²) in [5.41, 5.74) is 1.02. The zero-order valence-electron chi connectivity index (χ0n) is 15.1. The number of aryl methyl sites for hydroxylation is 3. The lowest BCUT2D eigenvalue weighted by Crippen LogP contribution is -2.29. The minimum atomic E-state index is -0.862. The molecule has 11 heteroatoms. The molecule has 0 spiro atoms. The molecule has 0 saturated carbocycles. The molecule has 3 aromatic rings. The summed E-state index contributed by atoms with van der Waals surface area (Å²) in [6, 6.07) is 0. The maximum absolute atomic E-state index is 12.4. The molecule has 3 rings (SSSR count). The van der Waals surface area contributed by atoms with Gasteiger partial charge in [-0.2, -0.15) is 0 Å². The van der Waals surface area contributed by atoms with Crippen LogP contribution in [-0.4, -0.2) is 41.1 Å². The maximum atomic E-state index is 12.4. The molecule has 0 radical (unpaired) electrons. The molecule has 2 N–H and O–H groups in total. The van der Waals surface area contributed by atoms with Crippen LogP contribution in [0.2, 0.25) is 0 Å². The molecule has 0 atom stereocenters. The zero-order chi connectivity index (χ0) is 19.7. The Balaban J connectivity index is 2.08. The number of H-pyrrole nitrogens is 1. The highest BCUT2D eigenvalue weighted by atomic mass is 32.2. The van der Waals surface area contributed by atoms with Gasteiger partial charge in [-0.05, 0) is 20.3 Å². The van der Waals surface area contributed by atoms with Gasteiger partial charge in [0.15, 0.2) is 16.3 Å². The molecule has 144 valence electrons. The highest BCUT2D eigenvalue weighted by Gasteiger charge is 2.20. The first-order chi connectivity index (χ1) is 12.8. The summed E-state index contributed by atoms with van der Waals surface area (Å²) in [5, 5.41) is 13.2. The van der Waals surface area contributed by atoms with Crippen molar-refractivity contribution in [3.05, 3.63) is 37.9 Å². The average Bonchev–Trinajstić information content (AvgIpc) is 3.12. The van der Waals surface area contributed by atoms with Gasteiger partial charge in [0.1, 0.15) is 5.76 Å². The van der Waals surface area contributed by atoms with Crippen LogP contribution in [0.25, 0.3) is 11.2 Å². The standard InChI is InChI=1S/C16H19N5O5S/c1-8-10(9(2)26-19-8)7-21-12-13(20(3)15(25)18-14(12)24)17-16(21)27-6-4-5-11(22)23/h4-7H2,1-3H3,(H,22,23)(H,18,24,25). The lowest BCUT2D eigenvalue weighted by atomic mass is 10.2. The van der Waals surface area contributed by atoms with Gasteiger partial charge in [-0.25, -0.2) is 9.78 Å². The smallest absolute Gasteiger partial charge is 0.329 e. The number of aromatic nitrogens is 5. The molecule has 10 nitrogen and oxygen atoms in total. The molecule has 0 bridgehead atoms. The van der Waals surface area contributed by atoms with E-state index >= 15 is 0 Å². The van der Waals surface area contributed by atoms with E-state index in [1.807, 2.05) is 6.92 Å². The number of carbonyl (C=O) groups is 1. The Bertz CT molecular complexity index is 1100. The topological polar surface area (TPSA) is 136 Å². The second-order valence-corrected chi connectivity index (χ2v) is 7.18. The van der Waals surface area contributed by atoms with Crippen LogP contribution in [0.4, 0.5) is 0 Å². The van der Waals surface area contributed by atoms with Crippen LogP contribution < -0.4 is 11.2 Å². The first-order valence-electron chi connectivity index (χ1n) is 8.25. The number of rotatable bonds is 7. The summed E-state index contributed by atoms with van der Waals surface area (Å²) in [6.07, 6.45) is 0.514. The highest BCUT2D eigenvalue weighted by Crippen LogP contribution is 2.25. The van der Waals surface area contributed by atoms with Crippen molar-refractivity contribution in [2.45, 2.75) is 38.4 Å². The number of nitrogens with zero attached hydrogens (tertiary/aromatic N) is 4. The van der Waals surface area contributed by atoms with E-state index in [1.165, 1.54) is 23.4 Å². The van der Waals surface area contributed by atoms with Gasteiger partial charge >= 0.3 is 11.7 Å². The van der Waals surface area contributed by atoms with Gasteiger partial charge in [0, 0.05) is 24.8 Å². The third kappa shape index (κ3) is 3.68. The van der Waals surface area contributed by atoms with E-state index < -0.39 is 17.2 Å². The Morgan fingerprint density at radius 1 is 1.33 bits per heavy atom. The van der Waals surface area contributed by atoms with E-state index in [4.69, 9.17) is 9.63 Å². The third-order valence-electron chi connectivity index (χ3n) is 4.24. The van der Waals surface area contributed by atoms with Crippen molar-refractivity contribution in [1.82, 2.24) is 24.3 Å². The van der Waals surface area contributed by atoms with Crippen LogP contribution in [0.15, 0.2) is 19.3 Å². The molecule has 0 aliphatic heterocycles. The first-order valence-corrected chi connectivity index (χ1v) is 9.24. The second-order valence-electron chi connectivity index (χ2n) is 6.12. The lowest BCUT2D eigenvalue weighted by molar-refractivity contribution is -0.137. The SMILES string of the molecule is Cc1noc(C)c1Cn1c(SCCCC(=O)O)nc2c1c(=O)[nH]c(=O)n2C. The van der Waals surface area contributed by atoms with Crippen molar-refractivity contribution >= 4 is 28.9 Å². The van der Waals surface area contributed by atoms with Crippen LogP contribution in [-0.2, 0) is 18.4 Å². The molecule has 0 unspecified atom stereocenters. The Kier molecular flexibility index (Phi) is 5.22. The Hall–Kier alpha value is -2.82. The molecule has 0 aliphatic carbocycles. The van der Waals surface area contributed by atoms with E-state index in [9.17, 15) is 14.4 Å². The Morgan fingerprint density at radius 3 is 2.70 bits per heavy atom. The predicted molar refractivity (Wildman–Crippen MR) is 98.3 cm³/mol. The molecule has 3 aromatic heterocycles. The number of nitrogens with one attached hydrogen (secondary N) is 1. The van der Waals surface area contributed by atoms with Crippen LogP contribution in [0.1, 0.15) is 29.9 Å². The summed E-state index contributed by atoms with van der Waals surface area (Å²) >= 11 is 1.34. The Labute approximate surface area is 157 Å². The largest absolute Gasteiger partial charge is 0.481 e. The highest BCUT2D eigenvalue weighted by molar-refractivity contribution is 7.99. The van der Waals surface area contributed by atoms with E-state index in [0.29, 0.717) is 35.3 Å². The minimum absolute atomic E-state index is 0.0518. The summed E-state index contributed by atoms with van der Waals surface area (Å²) in [5.74, 6) is 0.291. The number of thioether (sulfide) groups is 1. The van der Waals surface area contributed by atoms with Crippen LogP contribution >= 0.6 is 11.8 Å². The van der Waals surface area contributed by atoms with Gasteiger partial charge in [-0.3, -0.25) is 19.1 Å². The van der Waals surface area contributed by atoms with Gasteiger partial charge in [0.25, 0.3) is 5.56 Å². The van der Waals surface area contributed by atoms with Crippen molar-refractivity contribution in [1.29, 1.82) is 0 Å². The molecule has 0 fully saturated rings. The quantitative estimate of drug-likeness (QED) is 0.449. The van der Waals surface area contributed by atoms with Crippen molar-refractivity contribution in [2.75, 3.05) is 5.75 Å². The Morgan fingerprint density at radius 2 is 2.07 bits per heavy atom. The van der Waals surface area contributed by atoms with Crippen molar-refractivity contribution in [2.24, 2.45) is 7.05 Å². The monoisotopic (exact) mass is 393 g/mol. The van der Waals surface area contributed by atoms with E-state index in [0.717, 1.165) is 5.56 Å². The molecule has 0 saturated heterocycles. The molecule has 27 heavy (non-hydrogen) atoms. The summed E-state index contributed by atoms with van der Waals surface area (Å²) in [7, 11) is 1.53. The summed E-state index contributed by atoms with van der Waals surface area (Å²) in [6.45, 7) is 3.90. The molecule has 0 amide bonds. The van der Waals surface area contributed by atoms with Crippen molar-refractivity contribution in [3.8, 4) is 0 Å². The first kappa shape index (κ1) is 19.0. The number of hydrogen-bond donors (Lipinski definition) is 2. The average molecular weight is 393 g/mol. The summed E-state index contributed by atoms with van der Waals surface area (Å²) < 4.78 is 8.19.